The molecule has 1 unspecified atom stereocenters. The van der Waals surface area contributed by atoms with Crippen molar-refractivity contribution in [3.63, 3.8) is 0 Å². The highest BCUT2D eigenvalue weighted by atomic mass is 16.6. The van der Waals surface area contributed by atoms with Gasteiger partial charge in [0.15, 0.2) is 18.1 Å². The largest absolute Gasteiger partial charge is 0.486 e. The monoisotopic (exact) mass is 389 g/mol. The van der Waals surface area contributed by atoms with Crippen molar-refractivity contribution in [1.82, 2.24) is 5.32 Å². The third kappa shape index (κ3) is 5.08. The zero-order chi connectivity index (χ0) is 19.9. The molecule has 0 aliphatic carbocycles. The average Bonchev–Trinajstić information content (AvgIpc) is 2.77. The lowest BCUT2D eigenvalue weighted by molar-refractivity contribution is -0.123. The second-order valence-corrected chi connectivity index (χ2v) is 6.86. The van der Waals surface area contributed by atoms with E-state index in [1.165, 1.54) is 5.56 Å². The van der Waals surface area contributed by atoms with Gasteiger partial charge in [-0.05, 0) is 29.3 Å². The number of hydrogen-bond acceptors (Lipinski definition) is 4. The molecule has 3 aromatic rings. The Balaban J connectivity index is 1.27. The number of hydrogen-bond donors (Lipinski definition) is 1. The van der Waals surface area contributed by atoms with Gasteiger partial charge in [0.05, 0.1) is 6.54 Å². The smallest absolute Gasteiger partial charge is 0.258 e. The summed E-state index contributed by atoms with van der Waals surface area (Å²) in [6.45, 7) is 0.718. The summed E-state index contributed by atoms with van der Waals surface area (Å²) in [6.07, 6.45) is 0.532. The van der Waals surface area contributed by atoms with Gasteiger partial charge in [-0.15, -0.1) is 0 Å². The summed E-state index contributed by atoms with van der Waals surface area (Å²) in [5, 5.41) is 2.85. The molecule has 29 heavy (non-hydrogen) atoms. The zero-order valence-electron chi connectivity index (χ0n) is 16.0. The number of amides is 1. The summed E-state index contributed by atoms with van der Waals surface area (Å²) in [5.41, 5.74) is 2.25. The van der Waals surface area contributed by atoms with E-state index < -0.39 is 0 Å². The van der Waals surface area contributed by atoms with Crippen molar-refractivity contribution >= 4 is 5.91 Å². The van der Waals surface area contributed by atoms with E-state index in [-0.39, 0.29) is 18.6 Å². The van der Waals surface area contributed by atoms with Crippen LogP contribution in [0.4, 0.5) is 0 Å². The lowest BCUT2D eigenvalue weighted by atomic mass is 10.0. The molecular formula is C24H23NO4. The number of nitrogens with one attached hydrogen (secondary N) is 1. The molecule has 1 heterocycles. The highest BCUT2D eigenvalue weighted by Gasteiger charge is 2.21. The van der Waals surface area contributed by atoms with Crippen molar-refractivity contribution in [1.29, 1.82) is 0 Å². The fraction of sp³-hybridized carbons (Fsp3) is 0.208. The fourth-order valence-corrected chi connectivity index (χ4v) is 3.19. The molecule has 0 saturated carbocycles. The molecule has 1 aliphatic rings. The van der Waals surface area contributed by atoms with Crippen LogP contribution in [-0.2, 0) is 11.2 Å². The number of carbonyl (C=O) groups is 1. The van der Waals surface area contributed by atoms with Crippen molar-refractivity contribution in [3.8, 4) is 17.2 Å². The van der Waals surface area contributed by atoms with Crippen molar-refractivity contribution in [3.05, 3.63) is 90.0 Å². The number of carbonyl (C=O) groups excluding carboxylic acids is 1. The van der Waals surface area contributed by atoms with Crippen molar-refractivity contribution in [2.45, 2.75) is 12.5 Å². The van der Waals surface area contributed by atoms with Crippen LogP contribution in [-0.4, -0.2) is 31.8 Å². The van der Waals surface area contributed by atoms with E-state index in [2.05, 4.69) is 17.4 Å². The Kier molecular flexibility index (Phi) is 5.95. The molecule has 0 aromatic heterocycles. The average molecular weight is 389 g/mol. The molecule has 0 bridgehead atoms. The van der Waals surface area contributed by atoms with Crippen LogP contribution in [0.1, 0.15) is 11.1 Å². The predicted octanol–water partition coefficient (Wildman–Crippen LogP) is 3.61. The molecule has 148 valence electrons. The SMILES string of the molecule is O=C(COc1ccccc1Cc1ccccc1)NCC1COc2ccccc2O1. The minimum absolute atomic E-state index is 0.0457. The van der Waals surface area contributed by atoms with Gasteiger partial charge in [0.25, 0.3) is 5.91 Å². The lowest BCUT2D eigenvalue weighted by Gasteiger charge is -2.26. The van der Waals surface area contributed by atoms with Gasteiger partial charge >= 0.3 is 0 Å². The number of ether oxygens (including phenoxy) is 3. The molecule has 3 aromatic carbocycles. The van der Waals surface area contributed by atoms with Gasteiger partial charge in [0.2, 0.25) is 0 Å². The Labute approximate surface area is 170 Å². The number of fused-ring (bicyclic) bond motifs is 1. The van der Waals surface area contributed by atoms with Crippen LogP contribution in [0.15, 0.2) is 78.9 Å². The first-order valence-corrected chi connectivity index (χ1v) is 9.68. The summed E-state index contributed by atoms with van der Waals surface area (Å²) >= 11 is 0. The topological polar surface area (TPSA) is 56.8 Å². The molecule has 5 nitrogen and oxygen atoms in total. The van der Waals surface area contributed by atoms with Crippen LogP contribution >= 0.6 is 0 Å². The normalized spacial score (nSPS) is 14.8. The van der Waals surface area contributed by atoms with E-state index in [1.807, 2.05) is 66.7 Å². The van der Waals surface area contributed by atoms with Crippen molar-refractivity contribution in [2.24, 2.45) is 0 Å². The maximum absolute atomic E-state index is 12.2. The first-order chi connectivity index (χ1) is 14.3. The van der Waals surface area contributed by atoms with Crippen LogP contribution in [0.5, 0.6) is 17.2 Å². The van der Waals surface area contributed by atoms with E-state index in [1.54, 1.807) is 0 Å². The van der Waals surface area contributed by atoms with Crippen LogP contribution in [0.2, 0.25) is 0 Å². The lowest BCUT2D eigenvalue weighted by Crippen LogP contribution is -2.42. The Morgan fingerprint density at radius 1 is 0.931 bits per heavy atom. The third-order valence-electron chi connectivity index (χ3n) is 4.66. The van der Waals surface area contributed by atoms with Gasteiger partial charge in [0.1, 0.15) is 18.5 Å². The van der Waals surface area contributed by atoms with E-state index in [0.29, 0.717) is 18.9 Å². The first-order valence-electron chi connectivity index (χ1n) is 9.68. The van der Waals surface area contributed by atoms with E-state index >= 15 is 0 Å². The molecule has 1 amide bonds. The van der Waals surface area contributed by atoms with Gasteiger partial charge in [-0.2, -0.15) is 0 Å². The Morgan fingerprint density at radius 2 is 1.66 bits per heavy atom. The first kappa shape index (κ1) is 18.9. The minimum Gasteiger partial charge on any atom is -0.486 e. The second-order valence-electron chi connectivity index (χ2n) is 6.86. The molecule has 0 radical (unpaired) electrons. The summed E-state index contributed by atoms with van der Waals surface area (Å²) < 4.78 is 17.3. The molecule has 0 fully saturated rings. The van der Waals surface area contributed by atoms with Crippen LogP contribution in [0.25, 0.3) is 0 Å². The molecule has 1 aliphatic heterocycles. The van der Waals surface area contributed by atoms with Gasteiger partial charge in [0, 0.05) is 6.42 Å². The van der Waals surface area contributed by atoms with Gasteiger partial charge in [-0.25, -0.2) is 0 Å². The second kappa shape index (κ2) is 9.15. The third-order valence-corrected chi connectivity index (χ3v) is 4.66. The molecule has 0 saturated heterocycles. The molecule has 1 atom stereocenters. The highest BCUT2D eigenvalue weighted by molar-refractivity contribution is 5.77. The van der Waals surface area contributed by atoms with Gasteiger partial charge in [-0.1, -0.05) is 60.7 Å². The summed E-state index contributed by atoms with van der Waals surface area (Å²) in [6, 6.07) is 25.5. The van der Waals surface area contributed by atoms with Gasteiger partial charge < -0.3 is 19.5 Å². The van der Waals surface area contributed by atoms with E-state index in [9.17, 15) is 4.79 Å². The zero-order valence-corrected chi connectivity index (χ0v) is 16.0. The maximum Gasteiger partial charge on any atom is 0.258 e. The number of benzene rings is 3. The summed E-state index contributed by atoms with van der Waals surface area (Å²) in [4.78, 5) is 12.2. The Bertz CT molecular complexity index is 958. The quantitative estimate of drug-likeness (QED) is 0.671. The fourth-order valence-electron chi connectivity index (χ4n) is 3.19. The standard InChI is InChI=1S/C24H23NO4/c26-24(25-15-20-16-27-22-12-6-7-13-23(22)29-20)17-28-21-11-5-4-10-19(21)14-18-8-2-1-3-9-18/h1-13,20H,14-17H2,(H,25,26). The summed E-state index contributed by atoms with van der Waals surface area (Å²) in [5.74, 6) is 1.96. The molecule has 1 N–H and O–H groups in total. The highest BCUT2D eigenvalue weighted by Crippen LogP contribution is 2.30. The van der Waals surface area contributed by atoms with Gasteiger partial charge in [-0.3, -0.25) is 4.79 Å². The molecule has 0 spiro atoms. The van der Waals surface area contributed by atoms with E-state index in [4.69, 9.17) is 14.2 Å². The van der Waals surface area contributed by atoms with E-state index in [0.717, 1.165) is 23.5 Å². The van der Waals surface area contributed by atoms with Crippen molar-refractivity contribution < 1.29 is 19.0 Å². The molecular weight excluding hydrogens is 366 g/mol. The minimum atomic E-state index is -0.223. The Morgan fingerprint density at radius 3 is 2.52 bits per heavy atom. The van der Waals surface area contributed by atoms with Crippen LogP contribution in [0.3, 0.4) is 0 Å². The predicted molar refractivity (Wildman–Crippen MR) is 111 cm³/mol. The number of para-hydroxylation sites is 3. The summed E-state index contributed by atoms with van der Waals surface area (Å²) in [7, 11) is 0. The van der Waals surface area contributed by atoms with Crippen LogP contribution < -0.4 is 19.5 Å². The van der Waals surface area contributed by atoms with Crippen molar-refractivity contribution in [2.75, 3.05) is 19.8 Å². The maximum atomic E-state index is 12.2. The molecule has 4 rings (SSSR count). The number of rotatable bonds is 7. The Hall–Kier alpha value is -3.47. The molecule has 5 heteroatoms. The van der Waals surface area contributed by atoms with Crippen LogP contribution in [0, 0.1) is 0 Å².